The first-order valence-electron chi connectivity index (χ1n) is 4.25. The third-order valence-electron chi connectivity index (χ3n) is 2.06. The van der Waals surface area contributed by atoms with E-state index in [-0.39, 0.29) is 0 Å². The summed E-state index contributed by atoms with van der Waals surface area (Å²) in [5, 5.41) is 6.97. The molecule has 1 amide bonds. The highest BCUT2D eigenvalue weighted by Gasteiger charge is 2.21. The van der Waals surface area contributed by atoms with Crippen molar-refractivity contribution in [1.82, 2.24) is 0 Å². The van der Waals surface area contributed by atoms with Crippen LogP contribution in [-0.4, -0.2) is 11.9 Å². The molecule has 4 heteroatoms. The first kappa shape index (κ1) is 8.77. The van der Waals surface area contributed by atoms with Crippen LogP contribution in [0.15, 0.2) is 46.8 Å². The number of carbonyl (C=O) groups is 1. The molecule has 1 unspecified atom stereocenters. The molecule has 1 aromatic rings. The van der Waals surface area contributed by atoms with Crippen molar-refractivity contribution in [2.75, 3.05) is 0 Å². The number of nitrogens with two attached hydrogens (primary N) is 1. The summed E-state index contributed by atoms with van der Waals surface area (Å²) in [6.45, 7) is 0. The summed E-state index contributed by atoms with van der Waals surface area (Å²) >= 11 is 0. The Morgan fingerprint density at radius 2 is 1.93 bits per heavy atom. The zero-order valence-corrected chi connectivity index (χ0v) is 7.42. The van der Waals surface area contributed by atoms with E-state index in [4.69, 9.17) is 5.73 Å². The van der Waals surface area contributed by atoms with Crippen molar-refractivity contribution in [3.63, 3.8) is 0 Å². The molecule has 0 aromatic heterocycles. The van der Waals surface area contributed by atoms with E-state index in [9.17, 15) is 4.79 Å². The SMILES string of the molecule is NC1C(=O)N=NC=C1c1ccccc1. The minimum absolute atomic E-state index is 0.397. The molecule has 1 aliphatic heterocycles. The van der Waals surface area contributed by atoms with Gasteiger partial charge in [0.15, 0.2) is 0 Å². The topological polar surface area (TPSA) is 67.8 Å². The molecular formula is C10H9N3O. The van der Waals surface area contributed by atoms with Crippen molar-refractivity contribution in [2.45, 2.75) is 6.04 Å². The van der Waals surface area contributed by atoms with Crippen molar-refractivity contribution >= 4 is 11.5 Å². The summed E-state index contributed by atoms with van der Waals surface area (Å²) in [5.74, 6) is -0.397. The Morgan fingerprint density at radius 3 is 2.64 bits per heavy atom. The van der Waals surface area contributed by atoms with Gasteiger partial charge in [0.1, 0.15) is 6.04 Å². The molecular weight excluding hydrogens is 178 g/mol. The van der Waals surface area contributed by atoms with Gasteiger partial charge in [0, 0.05) is 5.57 Å². The minimum Gasteiger partial charge on any atom is -0.316 e. The summed E-state index contributed by atoms with van der Waals surface area (Å²) in [5.41, 5.74) is 7.31. The highest BCUT2D eigenvalue weighted by atomic mass is 16.2. The molecule has 0 fully saturated rings. The van der Waals surface area contributed by atoms with Gasteiger partial charge in [-0.2, -0.15) is 5.11 Å². The second-order valence-electron chi connectivity index (χ2n) is 2.98. The van der Waals surface area contributed by atoms with Gasteiger partial charge in [-0.3, -0.25) is 4.79 Å². The lowest BCUT2D eigenvalue weighted by Gasteiger charge is -2.13. The summed E-state index contributed by atoms with van der Waals surface area (Å²) in [7, 11) is 0. The molecule has 2 rings (SSSR count). The lowest BCUT2D eigenvalue weighted by Crippen LogP contribution is -2.31. The van der Waals surface area contributed by atoms with Gasteiger partial charge in [0.2, 0.25) is 0 Å². The molecule has 0 saturated heterocycles. The van der Waals surface area contributed by atoms with Crippen LogP contribution >= 0.6 is 0 Å². The normalized spacial score (nSPS) is 20.8. The first-order valence-corrected chi connectivity index (χ1v) is 4.25. The monoisotopic (exact) mass is 187 g/mol. The van der Waals surface area contributed by atoms with Gasteiger partial charge in [0.25, 0.3) is 5.91 Å². The van der Waals surface area contributed by atoms with Crippen LogP contribution in [0.3, 0.4) is 0 Å². The molecule has 1 aromatic carbocycles. The number of azo groups is 1. The van der Waals surface area contributed by atoms with E-state index in [2.05, 4.69) is 10.2 Å². The number of carbonyl (C=O) groups excluding carboxylic acids is 1. The molecule has 0 radical (unpaired) electrons. The van der Waals surface area contributed by atoms with Crippen molar-refractivity contribution in [2.24, 2.45) is 16.0 Å². The number of amides is 1. The Labute approximate surface area is 81.1 Å². The number of hydrogen-bond donors (Lipinski definition) is 1. The van der Waals surface area contributed by atoms with Crippen LogP contribution in [0.25, 0.3) is 5.57 Å². The van der Waals surface area contributed by atoms with E-state index >= 15 is 0 Å². The fourth-order valence-corrected chi connectivity index (χ4v) is 1.31. The molecule has 4 nitrogen and oxygen atoms in total. The Hall–Kier alpha value is -1.81. The molecule has 1 heterocycles. The smallest absolute Gasteiger partial charge is 0.285 e. The molecule has 0 spiro atoms. The maximum absolute atomic E-state index is 11.2. The second kappa shape index (κ2) is 3.51. The highest BCUT2D eigenvalue weighted by molar-refractivity contribution is 5.96. The van der Waals surface area contributed by atoms with Gasteiger partial charge < -0.3 is 5.73 Å². The zero-order chi connectivity index (χ0) is 9.97. The van der Waals surface area contributed by atoms with Crippen molar-refractivity contribution < 1.29 is 4.79 Å². The molecule has 2 N–H and O–H groups in total. The maximum Gasteiger partial charge on any atom is 0.285 e. The van der Waals surface area contributed by atoms with Crippen molar-refractivity contribution in [3.8, 4) is 0 Å². The van der Waals surface area contributed by atoms with Gasteiger partial charge in [-0.15, -0.1) is 5.11 Å². The van der Waals surface area contributed by atoms with E-state index in [1.165, 1.54) is 6.20 Å². The molecule has 0 saturated carbocycles. The van der Waals surface area contributed by atoms with Gasteiger partial charge in [-0.25, -0.2) is 0 Å². The Kier molecular flexibility index (Phi) is 2.20. The van der Waals surface area contributed by atoms with Crippen molar-refractivity contribution in [3.05, 3.63) is 42.1 Å². The Balaban J connectivity index is 2.40. The van der Waals surface area contributed by atoms with Crippen LogP contribution in [0.1, 0.15) is 5.56 Å². The highest BCUT2D eigenvalue weighted by Crippen LogP contribution is 2.20. The van der Waals surface area contributed by atoms with E-state index in [1.54, 1.807) is 0 Å². The van der Waals surface area contributed by atoms with Crippen LogP contribution in [0.2, 0.25) is 0 Å². The maximum atomic E-state index is 11.2. The lowest BCUT2D eigenvalue weighted by molar-refractivity contribution is -0.118. The van der Waals surface area contributed by atoms with Crippen LogP contribution in [0.4, 0.5) is 0 Å². The van der Waals surface area contributed by atoms with Crippen LogP contribution in [0, 0.1) is 0 Å². The molecule has 1 aliphatic rings. The van der Waals surface area contributed by atoms with Crippen LogP contribution in [0.5, 0.6) is 0 Å². The number of benzene rings is 1. The largest absolute Gasteiger partial charge is 0.316 e. The van der Waals surface area contributed by atoms with Gasteiger partial charge in [0.05, 0.1) is 6.20 Å². The third-order valence-corrected chi connectivity index (χ3v) is 2.06. The molecule has 14 heavy (non-hydrogen) atoms. The first-order chi connectivity index (χ1) is 6.79. The molecule has 0 bridgehead atoms. The number of rotatable bonds is 1. The zero-order valence-electron chi connectivity index (χ0n) is 7.42. The third kappa shape index (κ3) is 1.47. The van der Waals surface area contributed by atoms with Crippen molar-refractivity contribution in [1.29, 1.82) is 0 Å². The Morgan fingerprint density at radius 1 is 1.21 bits per heavy atom. The average Bonchev–Trinajstić information content (AvgIpc) is 2.23. The van der Waals surface area contributed by atoms with E-state index in [0.29, 0.717) is 5.57 Å². The van der Waals surface area contributed by atoms with Crippen LogP contribution in [-0.2, 0) is 4.79 Å². The molecule has 1 atom stereocenters. The summed E-state index contributed by atoms with van der Waals surface area (Å²) in [4.78, 5) is 11.2. The molecule has 70 valence electrons. The van der Waals surface area contributed by atoms with Gasteiger partial charge >= 0.3 is 0 Å². The van der Waals surface area contributed by atoms with E-state index in [1.807, 2.05) is 30.3 Å². The predicted octanol–water partition coefficient (Wildman–Crippen LogP) is 1.35. The quantitative estimate of drug-likeness (QED) is 0.720. The Bertz CT molecular complexity index is 409. The van der Waals surface area contributed by atoms with E-state index < -0.39 is 11.9 Å². The predicted molar refractivity (Wildman–Crippen MR) is 52.3 cm³/mol. The molecule has 0 aliphatic carbocycles. The fourth-order valence-electron chi connectivity index (χ4n) is 1.31. The van der Waals surface area contributed by atoms with Gasteiger partial charge in [-0.1, -0.05) is 30.3 Å². The van der Waals surface area contributed by atoms with Crippen LogP contribution < -0.4 is 5.73 Å². The van der Waals surface area contributed by atoms with Gasteiger partial charge in [-0.05, 0) is 5.56 Å². The standard InChI is InChI=1S/C10H9N3O/c11-9-8(6-12-13-10(9)14)7-4-2-1-3-5-7/h1-6,9H,11H2. The summed E-state index contributed by atoms with van der Waals surface area (Å²) in [6.07, 6.45) is 1.53. The summed E-state index contributed by atoms with van der Waals surface area (Å²) in [6, 6.07) is 8.77. The van der Waals surface area contributed by atoms with E-state index in [0.717, 1.165) is 5.56 Å². The number of hydrogen-bond acceptors (Lipinski definition) is 3. The minimum atomic E-state index is -0.685. The number of nitrogens with zero attached hydrogens (tertiary/aromatic N) is 2. The average molecular weight is 187 g/mol. The lowest BCUT2D eigenvalue weighted by atomic mass is 9.99. The summed E-state index contributed by atoms with van der Waals surface area (Å²) < 4.78 is 0. The second-order valence-corrected chi connectivity index (χ2v) is 2.98. The fraction of sp³-hybridized carbons (Fsp3) is 0.100.